The number of amides is 1. The third kappa shape index (κ3) is 3.83. The molecule has 3 nitrogen and oxygen atoms in total. The molecule has 2 aromatic carbocycles. The molecule has 2 aromatic rings. The summed E-state index contributed by atoms with van der Waals surface area (Å²) in [4.78, 5) is 11.3. The first-order chi connectivity index (χ1) is 9.19. The Labute approximate surface area is 120 Å². The third-order valence-corrected chi connectivity index (χ3v) is 3.11. The van der Waals surface area contributed by atoms with Crippen LogP contribution in [0, 0.1) is 0 Å². The average Bonchev–Trinajstić information content (AvgIpc) is 2.41. The van der Waals surface area contributed by atoms with Gasteiger partial charge in [-0.15, -0.1) is 0 Å². The molecule has 0 saturated carbocycles. The van der Waals surface area contributed by atoms with E-state index in [2.05, 4.69) is 21.2 Å². The summed E-state index contributed by atoms with van der Waals surface area (Å²) in [5.41, 5.74) is 2.95. The van der Waals surface area contributed by atoms with E-state index in [0.29, 0.717) is 6.61 Å². The molecule has 98 valence electrons. The van der Waals surface area contributed by atoms with Crippen molar-refractivity contribution < 1.29 is 9.53 Å². The van der Waals surface area contributed by atoms with Gasteiger partial charge in [-0.3, -0.25) is 5.32 Å². The van der Waals surface area contributed by atoms with Crippen LogP contribution in [0.2, 0.25) is 0 Å². The summed E-state index contributed by atoms with van der Waals surface area (Å²) >= 11 is 3.41. The van der Waals surface area contributed by atoms with Crippen molar-refractivity contribution in [2.75, 3.05) is 11.9 Å². The van der Waals surface area contributed by atoms with E-state index >= 15 is 0 Å². The minimum absolute atomic E-state index is 0.364. The standard InChI is InChI=1S/C15H14BrNO2/c1-2-19-15(18)17-14-9-5-12(6-10-14)11-3-7-13(16)8-4-11/h3-10H,2H2,1H3,(H,17,18). The van der Waals surface area contributed by atoms with Crippen LogP contribution in [0.1, 0.15) is 6.92 Å². The average molecular weight is 320 g/mol. The third-order valence-electron chi connectivity index (χ3n) is 2.58. The van der Waals surface area contributed by atoms with E-state index in [9.17, 15) is 4.79 Å². The highest BCUT2D eigenvalue weighted by Gasteiger charge is 2.02. The zero-order valence-electron chi connectivity index (χ0n) is 10.5. The molecule has 0 spiro atoms. The van der Waals surface area contributed by atoms with Gasteiger partial charge in [0.2, 0.25) is 0 Å². The number of halogens is 1. The molecule has 1 amide bonds. The molecule has 2 rings (SSSR count). The van der Waals surface area contributed by atoms with Gasteiger partial charge in [-0.25, -0.2) is 4.79 Å². The molecule has 0 radical (unpaired) electrons. The zero-order valence-corrected chi connectivity index (χ0v) is 12.1. The molecule has 0 aliphatic heterocycles. The Bertz CT molecular complexity index is 549. The molecule has 0 aliphatic carbocycles. The fourth-order valence-corrected chi connectivity index (χ4v) is 1.94. The van der Waals surface area contributed by atoms with Gasteiger partial charge in [0.25, 0.3) is 0 Å². The molecule has 0 aliphatic rings. The number of hydrogen-bond donors (Lipinski definition) is 1. The minimum atomic E-state index is -0.432. The Morgan fingerprint density at radius 2 is 1.58 bits per heavy atom. The number of benzene rings is 2. The Balaban J connectivity index is 2.10. The summed E-state index contributed by atoms with van der Waals surface area (Å²) in [6.45, 7) is 2.14. The predicted molar refractivity (Wildman–Crippen MR) is 80.2 cm³/mol. The first-order valence-corrected chi connectivity index (χ1v) is 6.78. The Morgan fingerprint density at radius 3 is 2.11 bits per heavy atom. The maximum Gasteiger partial charge on any atom is 0.411 e. The molecule has 0 atom stereocenters. The van der Waals surface area contributed by atoms with E-state index in [0.717, 1.165) is 21.3 Å². The summed E-state index contributed by atoms with van der Waals surface area (Å²) in [6, 6.07) is 15.7. The lowest BCUT2D eigenvalue weighted by Gasteiger charge is -2.06. The molecule has 0 saturated heterocycles. The lowest BCUT2D eigenvalue weighted by Crippen LogP contribution is -2.12. The van der Waals surface area contributed by atoms with Crippen LogP contribution in [0.4, 0.5) is 10.5 Å². The van der Waals surface area contributed by atoms with Crippen LogP contribution in [-0.4, -0.2) is 12.7 Å². The predicted octanol–water partition coefficient (Wildman–Crippen LogP) is 4.68. The second-order valence-corrected chi connectivity index (χ2v) is 4.85. The second-order valence-electron chi connectivity index (χ2n) is 3.93. The quantitative estimate of drug-likeness (QED) is 0.891. The lowest BCUT2D eigenvalue weighted by molar-refractivity contribution is 0.168. The number of hydrogen-bond acceptors (Lipinski definition) is 2. The monoisotopic (exact) mass is 319 g/mol. The molecule has 19 heavy (non-hydrogen) atoms. The molecule has 0 fully saturated rings. The summed E-state index contributed by atoms with van der Waals surface area (Å²) in [5.74, 6) is 0. The van der Waals surface area contributed by atoms with Crippen LogP contribution >= 0.6 is 15.9 Å². The molecule has 0 aromatic heterocycles. The number of ether oxygens (including phenoxy) is 1. The number of carbonyl (C=O) groups excluding carboxylic acids is 1. The Hall–Kier alpha value is -1.81. The van der Waals surface area contributed by atoms with Crippen LogP contribution in [-0.2, 0) is 4.74 Å². The normalized spacial score (nSPS) is 10.0. The van der Waals surface area contributed by atoms with E-state index in [1.54, 1.807) is 6.92 Å². The molecular weight excluding hydrogens is 306 g/mol. The summed E-state index contributed by atoms with van der Waals surface area (Å²) in [7, 11) is 0. The SMILES string of the molecule is CCOC(=O)Nc1ccc(-c2ccc(Br)cc2)cc1. The highest BCUT2D eigenvalue weighted by atomic mass is 79.9. The van der Waals surface area contributed by atoms with Crippen molar-refractivity contribution in [3.05, 3.63) is 53.0 Å². The van der Waals surface area contributed by atoms with Gasteiger partial charge in [0, 0.05) is 10.2 Å². The number of rotatable bonds is 3. The van der Waals surface area contributed by atoms with Crippen LogP contribution in [0.25, 0.3) is 11.1 Å². The van der Waals surface area contributed by atoms with Gasteiger partial charge in [-0.1, -0.05) is 40.2 Å². The van der Waals surface area contributed by atoms with Gasteiger partial charge >= 0.3 is 6.09 Å². The molecule has 0 heterocycles. The van der Waals surface area contributed by atoms with E-state index in [4.69, 9.17) is 4.74 Å². The number of anilines is 1. The summed E-state index contributed by atoms with van der Waals surface area (Å²) in [6.07, 6.45) is -0.432. The second kappa shape index (κ2) is 6.38. The van der Waals surface area contributed by atoms with E-state index in [1.807, 2.05) is 48.5 Å². The Kier molecular flexibility index (Phi) is 4.58. The summed E-state index contributed by atoms with van der Waals surface area (Å²) in [5, 5.41) is 2.66. The molecule has 0 unspecified atom stereocenters. The van der Waals surface area contributed by atoms with Gasteiger partial charge in [-0.05, 0) is 42.3 Å². The highest BCUT2D eigenvalue weighted by molar-refractivity contribution is 9.10. The van der Waals surface area contributed by atoms with Crippen molar-refractivity contribution in [1.82, 2.24) is 0 Å². The van der Waals surface area contributed by atoms with Gasteiger partial charge in [0.15, 0.2) is 0 Å². The smallest absolute Gasteiger partial charge is 0.411 e. The fraction of sp³-hybridized carbons (Fsp3) is 0.133. The van der Waals surface area contributed by atoms with Crippen LogP contribution in [0.3, 0.4) is 0 Å². The van der Waals surface area contributed by atoms with E-state index < -0.39 is 6.09 Å². The fourth-order valence-electron chi connectivity index (χ4n) is 1.67. The van der Waals surface area contributed by atoms with E-state index in [1.165, 1.54) is 0 Å². The zero-order chi connectivity index (χ0) is 13.7. The lowest BCUT2D eigenvalue weighted by atomic mass is 10.1. The maximum absolute atomic E-state index is 11.3. The van der Waals surface area contributed by atoms with Crippen molar-refractivity contribution in [1.29, 1.82) is 0 Å². The minimum Gasteiger partial charge on any atom is -0.450 e. The maximum atomic E-state index is 11.3. The van der Waals surface area contributed by atoms with Crippen molar-refractivity contribution in [2.45, 2.75) is 6.92 Å². The van der Waals surface area contributed by atoms with E-state index in [-0.39, 0.29) is 0 Å². The Morgan fingerprint density at radius 1 is 1.05 bits per heavy atom. The number of nitrogens with one attached hydrogen (secondary N) is 1. The van der Waals surface area contributed by atoms with Crippen LogP contribution in [0.15, 0.2) is 53.0 Å². The van der Waals surface area contributed by atoms with Gasteiger partial charge in [0.05, 0.1) is 6.61 Å². The van der Waals surface area contributed by atoms with Gasteiger partial charge in [0.1, 0.15) is 0 Å². The van der Waals surface area contributed by atoms with Crippen molar-refractivity contribution >= 4 is 27.7 Å². The van der Waals surface area contributed by atoms with Gasteiger partial charge < -0.3 is 4.74 Å². The van der Waals surface area contributed by atoms with Crippen LogP contribution in [0.5, 0.6) is 0 Å². The largest absolute Gasteiger partial charge is 0.450 e. The number of carbonyl (C=O) groups is 1. The van der Waals surface area contributed by atoms with Crippen LogP contribution < -0.4 is 5.32 Å². The molecule has 1 N–H and O–H groups in total. The van der Waals surface area contributed by atoms with Crippen molar-refractivity contribution in [3.63, 3.8) is 0 Å². The van der Waals surface area contributed by atoms with Crippen molar-refractivity contribution in [2.24, 2.45) is 0 Å². The highest BCUT2D eigenvalue weighted by Crippen LogP contribution is 2.23. The van der Waals surface area contributed by atoms with Gasteiger partial charge in [-0.2, -0.15) is 0 Å². The molecule has 0 bridgehead atoms. The summed E-state index contributed by atoms with van der Waals surface area (Å²) < 4.78 is 5.87. The first-order valence-electron chi connectivity index (χ1n) is 5.99. The topological polar surface area (TPSA) is 38.3 Å². The van der Waals surface area contributed by atoms with Crippen molar-refractivity contribution in [3.8, 4) is 11.1 Å². The molecular formula is C15H14BrNO2. The molecule has 4 heteroatoms. The first kappa shape index (κ1) is 13.6.